The fourth-order valence-corrected chi connectivity index (χ4v) is 2.32. The van der Waals surface area contributed by atoms with Crippen LogP contribution in [0.5, 0.6) is 17.2 Å². The van der Waals surface area contributed by atoms with Gasteiger partial charge in [0.05, 0.1) is 20.8 Å². The van der Waals surface area contributed by atoms with Gasteiger partial charge in [0.15, 0.2) is 11.5 Å². The Balaban J connectivity index is 3.03. The molecule has 1 rings (SSSR count). The van der Waals surface area contributed by atoms with E-state index in [-0.39, 0.29) is 11.7 Å². The van der Waals surface area contributed by atoms with Crippen molar-refractivity contribution in [3.63, 3.8) is 0 Å². The van der Waals surface area contributed by atoms with E-state index in [4.69, 9.17) is 23.7 Å². The minimum Gasteiger partial charge on any atom is -0.493 e. The van der Waals surface area contributed by atoms with Crippen LogP contribution in [-0.2, 0) is 14.3 Å². The number of para-hydroxylation sites is 1. The Hall–Kier alpha value is -1.83. The summed E-state index contributed by atoms with van der Waals surface area (Å²) in [6.07, 6.45) is 0.371. The lowest BCUT2D eigenvalue weighted by molar-refractivity contribution is -0.140. The van der Waals surface area contributed by atoms with E-state index in [1.165, 1.54) is 14.2 Å². The number of benzene rings is 1. The minimum absolute atomic E-state index is 0.0303. The minimum atomic E-state index is -0.570. The van der Waals surface area contributed by atoms with Crippen molar-refractivity contribution in [3.05, 3.63) is 18.2 Å². The van der Waals surface area contributed by atoms with Crippen molar-refractivity contribution in [1.29, 1.82) is 0 Å². The quantitative estimate of drug-likeness (QED) is 0.371. The summed E-state index contributed by atoms with van der Waals surface area (Å²) < 4.78 is 26.6. The van der Waals surface area contributed by atoms with Crippen molar-refractivity contribution in [2.75, 3.05) is 35.0 Å². The average molecular weight is 355 g/mol. The zero-order valence-electron chi connectivity index (χ0n) is 15.8. The van der Waals surface area contributed by atoms with E-state index in [0.717, 1.165) is 6.42 Å². The van der Waals surface area contributed by atoms with Gasteiger partial charge in [-0.15, -0.1) is 0 Å². The topological polar surface area (TPSA) is 75.3 Å². The molecule has 0 spiro atoms. The Kier molecular flexibility index (Phi) is 9.26. The summed E-state index contributed by atoms with van der Waals surface area (Å²) in [5, 5.41) is 3.15. The Morgan fingerprint density at radius 3 is 2.16 bits per heavy atom. The van der Waals surface area contributed by atoms with E-state index in [9.17, 15) is 4.79 Å². The zero-order chi connectivity index (χ0) is 18.8. The van der Waals surface area contributed by atoms with E-state index in [2.05, 4.69) is 5.32 Å². The molecule has 0 aromatic heterocycles. The van der Waals surface area contributed by atoms with Crippen molar-refractivity contribution in [2.24, 2.45) is 5.92 Å². The summed E-state index contributed by atoms with van der Waals surface area (Å²) >= 11 is 0. The third-order valence-corrected chi connectivity index (χ3v) is 4.02. The lowest BCUT2D eigenvalue weighted by Gasteiger charge is -2.27. The lowest BCUT2D eigenvalue weighted by Crippen LogP contribution is -2.51. The third-order valence-electron chi connectivity index (χ3n) is 4.02. The molecule has 0 aliphatic heterocycles. The van der Waals surface area contributed by atoms with Gasteiger partial charge in [-0.25, -0.2) is 4.79 Å². The number of hydrogen-bond acceptors (Lipinski definition) is 7. The molecule has 1 aromatic carbocycles. The highest BCUT2D eigenvalue weighted by atomic mass is 16.6. The smallest absolute Gasteiger partial charge is 0.329 e. The predicted octanol–water partition coefficient (Wildman–Crippen LogP) is 2.23. The first-order valence-corrected chi connectivity index (χ1v) is 8.22. The summed E-state index contributed by atoms with van der Waals surface area (Å²) in [7, 11) is 6.15. The van der Waals surface area contributed by atoms with Crippen LogP contribution in [0.1, 0.15) is 20.3 Å². The summed E-state index contributed by atoms with van der Waals surface area (Å²) in [6.45, 7) is 4.29. The number of hydrogen-bond donors (Lipinski definition) is 1. The number of rotatable bonds is 11. The van der Waals surface area contributed by atoms with Crippen LogP contribution in [0, 0.1) is 5.92 Å². The molecule has 25 heavy (non-hydrogen) atoms. The first kappa shape index (κ1) is 21.2. The van der Waals surface area contributed by atoms with Crippen LogP contribution in [0.2, 0.25) is 0 Å². The number of carbonyl (C=O) groups excluding carboxylic acids is 1. The molecule has 0 heterocycles. The maximum atomic E-state index is 12.8. The number of ether oxygens (including phenoxy) is 5. The maximum absolute atomic E-state index is 12.8. The zero-order valence-corrected chi connectivity index (χ0v) is 15.8. The standard InChI is InChI=1S/C18H29NO6/c1-7-12(2)16(19-15(24-6)11-21-3)18(20)25-17-13(22-4)9-8-10-14(17)23-5/h8-10,12,15-16,19H,7,11H2,1-6H3. The summed E-state index contributed by atoms with van der Waals surface area (Å²) in [5.74, 6) is 0.706. The fourth-order valence-electron chi connectivity index (χ4n) is 2.32. The van der Waals surface area contributed by atoms with Crippen molar-refractivity contribution in [1.82, 2.24) is 5.32 Å². The number of esters is 1. The summed E-state index contributed by atoms with van der Waals surface area (Å²) in [5.41, 5.74) is 0. The van der Waals surface area contributed by atoms with E-state index in [1.807, 2.05) is 13.8 Å². The second-order valence-electron chi connectivity index (χ2n) is 5.62. The molecule has 0 amide bonds. The van der Waals surface area contributed by atoms with Crippen molar-refractivity contribution < 1.29 is 28.5 Å². The van der Waals surface area contributed by atoms with Gasteiger partial charge in [-0.3, -0.25) is 5.32 Å². The van der Waals surface area contributed by atoms with Gasteiger partial charge < -0.3 is 23.7 Å². The highest BCUT2D eigenvalue weighted by molar-refractivity contribution is 5.80. The molecule has 1 aromatic rings. The van der Waals surface area contributed by atoms with Gasteiger partial charge in [0, 0.05) is 14.2 Å². The second kappa shape index (κ2) is 10.9. The molecule has 142 valence electrons. The molecule has 3 unspecified atom stereocenters. The van der Waals surface area contributed by atoms with E-state index in [0.29, 0.717) is 18.1 Å². The summed E-state index contributed by atoms with van der Waals surface area (Å²) in [6, 6.07) is 4.61. The van der Waals surface area contributed by atoms with Crippen LogP contribution < -0.4 is 19.5 Å². The predicted molar refractivity (Wildman–Crippen MR) is 94.2 cm³/mol. The second-order valence-corrected chi connectivity index (χ2v) is 5.62. The SMILES string of the molecule is CCC(C)C(NC(COC)OC)C(=O)Oc1c(OC)cccc1OC. The highest BCUT2D eigenvalue weighted by Gasteiger charge is 2.30. The van der Waals surface area contributed by atoms with Crippen molar-refractivity contribution in [3.8, 4) is 17.2 Å². The van der Waals surface area contributed by atoms with E-state index < -0.39 is 18.2 Å². The van der Waals surface area contributed by atoms with Gasteiger partial charge in [0.25, 0.3) is 0 Å². The molecular formula is C18H29NO6. The molecule has 0 fully saturated rings. The molecule has 7 nitrogen and oxygen atoms in total. The Bertz CT molecular complexity index is 514. The molecule has 0 aliphatic carbocycles. The highest BCUT2D eigenvalue weighted by Crippen LogP contribution is 2.37. The van der Waals surface area contributed by atoms with Crippen molar-refractivity contribution in [2.45, 2.75) is 32.5 Å². The molecule has 0 saturated heterocycles. The summed E-state index contributed by atoms with van der Waals surface area (Å²) in [4.78, 5) is 12.8. The molecule has 0 bridgehead atoms. The Morgan fingerprint density at radius 1 is 1.12 bits per heavy atom. The van der Waals surface area contributed by atoms with Gasteiger partial charge in [-0.2, -0.15) is 0 Å². The fraction of sp³-hybridized carbons (Fsp3) is 0.611. The third kappa shape index (κ3) is 5.88. The first-order valence-electron chi connectivity index (χ1n) is 8.22. The number of methoxy groups -OCH3 is 4. The van der Waals surface area contributed by atoms with Crippen LogP contribution in [0.4, 0.5) is 0 Å². The van der Waals surface area contributed by atoms with Crippen LogP contribution in [0.15, 0.2) is 18.2 Å². The first-order chi connectivity index (χ1) is 12.0. The Labute approximate surface area is 149 Å². The lowest BCUT2D eigenvalue weighted by atomic mass is 9.99. The van der Waals surface area contributed by atoms with Crippen LogP contribution in [0.3, 0.4) is 0 Å². The molecule has 0 saturated carbocycles. The van der Waals surface area contributed by atoms with Crippen LogP contribution in [-0.4, -0.2) is 53.3 Å². The molecule has 0 aliphatic rings. The normalized spacial score (nSPS) is 14.5. The van der Waals surface area contributed by atoms with Gasteiger partial charge in [-0.05, 0) is 18.1 Å². The average Bonchev–Trinajstić information content (AvgIpc) is 2.64. The van der Waals surface area contributed by atoms with Gasteiger partial charge in [0.2, 0.25) is 5.75 Å². The molecule has 0 radical (unpaired) electrons. The van der Waals surface area contributed by atoms with Gasteiger partial charge >= 0.3 is 5.97 Å². The Morgan fingerprint density at radius 2 is 1.72 bits per heavy atom. The molecular weight excluding hydrogens is 326 g/mol. The van der Waals surface area contributed by atoms with Crippen LogP contribution >= 0.6 is 0 Å². The van der Waals surface area contributed by atoms with Crippen molar-refractivity contribution >= 4 is 5.97 Å². The largest absolute Gasteiger partial charge is 0.493 e. The van der Waals surface area contributed by atoms with E-state index in [1.54, 1.807) is 32.4 Å². The van der Waals surface area contributed by atoms with E-state index >= 15 is 0 Å². The molecule has 1 N–H and O–H groups in total. The number of carbonyl (C=O) groups is 1. The molecule has 3 atom stereocenters. The molecule has 7 heteroatoms. The monoisotopic (exact) mass is 355 g/mol. The van der Waals surface area contributed by atoms with Gasteiger partial charge in [-0.1, -0.05) is 26.3 Å². The van der Waals surface area contributed by atoms with Gasteiger partial charge in [0.1, 0.15) is 12.3 Å². The number of nitrogens with one attached hydrogen (secondary N) is 1. The maximum Gasteiger partial charge on any atom is 0.329 e. The van der Waals surface area contributed by atoms with Crippen LogP contribution in [0.25, 0.3) is 0 Å².